The van der Waals surface area contributed by atoms with E-state index in [0.717, 1.165) is 26.1 Å². The fraction of sp³-hybridized carbons (Fsp3) is 0.786. The summed E-state index contributed by atoms with van der Waals surface area (Å²) in [7, 11) is 0. The van der Waals surface area contributed by atoms with Gasteiger partial charge in [-0.2, -0.15) is 0 Å². The molecule has 1 fully saturated rings. The Morgan fingerprint density at radius 2 is 1.81 bits per heavy atom. The molecule has 1 rings (SSSR count). The molecule has 21 heavy (non-hydrogen) atoms. The van der Waals surface area contributed by atoms with Crippen molar-refractivity contribution in [1.82, 2.24) is 15.5 Å². The number of carbonyl (C=O) groups is 3. The number of likely N-dealkylation sites (tertiary alicyclic amines) is 1. The highest BCUT2D eigenvalue weighted by molar-refractivity contribution is 5.96. The van der Waals surface area contributed by atoms with Gasteiger partial charge < -0.3 is 15.3 Å². The maximum atomic E-state index is 11.6. The van der Waals surface area contributed by atoms with Crippen LogP contribution < -0.4 is 10.6 Å². The molecule has 0 aromatic heterocycles. The number of imide groups is 1. The highest BCUT2D eigenvalue weighted by atomic mass is 16.4. The summed E-state index contributed by atoms with van der Waals surface area (Å²) in [5.74, 6) is -1.65. The SMILES string of the molecule is CC(C)(CC(=O)NC(=O)NCCCN1CCCC1)C(=O)O. The van der Waals surface area contributed by atoms with Crippen molar-refractivity contribution in [3.05, 3.63) is 0 Å². The van der Waals surface area contributed by atoms with Gasteiger partial charge in [0.05, 0.1) is 5.41 Å². The molecule has 0 bridgehead atoms. The van der Waals surface area contributed by atoms with E-state index >= 15 is 0 Å². The molecule has 0 spiro atoms. The third kappa shape index (κ3) is 6.57. The van der Waals surface area contributed by atoms with Crippen molar-refractivity contribution in [2.24, 2.45) is 5.41 Å². The van der Waals surface area contributed by atoms with Gasteiger partial charge in [0.15, 0.2) is 0 Å². The van der Waals surface area contributed by atoms with Crippen LogP contribution in [-0.4, -0.2) is 54.1 Å². The van der Waals surface area contributed by atoms with Gasteiger partial charge in [-0.1, -0.05) is 0 Å². The summed E-state index contributed by atoms with van der Waals surface area (Å²) in [6, 6.07) is -0.567. The second-order valence-corrected chi connectivity index (χ2v) is 6.07. The molecule has 1 saturated heterocycles. The van der Waals surface area contributed by atoms with Crippen LogP contribution in [0.3, 0.4) is 0 Å². The summed E-state index contributed by atoms with van der Waals surface area (Å²) >= 11 is 0. The van der Waals surface area contributed by atoms with E-state index in [9.17, 15) is 14.4 Å². The summed E-state index contributed by atoms with van der Waals surface area (Å²) in [6.45, 7) is 6.58. The lowest BCUT2D eigenvalue weighted by Crippen LogP contribution is -2.42. The molecule has 3 amide bonds. The van der Waals surface area contributed by atoms with Gasteiger partial charge in [-0.15, -0.1) is 0 Å². The van der Waals surface area contributed by atoms with E-state index in [-0.39, 0.29) is 6.42 Å². The van der Waals surface area contributed by atoms with Gasteiger partial charge >= 0.3 is 12.0 Å². The molecule has 7 heteroatoms. The Balaban J connectivity index is 2.14. The summed E-state index contributed by atoms with van der Waals surface area (Å²) in [4.78, 5) is 36.3. The molecule has 0 aromatic rings. The van der Waals surface area contributed by atoms with E-state index in [2.05, 4.69) is 15.5 Å². The smallest absolute Gasteiger partial charge is 0.321 e. The highest BCUT2D eigenvalue weighted by Crippen LogP contribution is 2.19. The Bertz CT molecular complexity index is 390. The van der Waals surface area contributed by atoms with Gasteiger partial charge in [-0.05, 0) is 52.7 Å². The van der Waals surface area contributed by atoms with E-state index in [4.69, 9.17) is 5.11 Å². The second kappa shape index (κ2) is 7.97. The molecule has 1 aliphatic heterocycles. The third-order valence-electron chi connectivity index (χ3n) is 3.57. The number of nitrogens with zero attached hydrogens (tertiary/aromatic N) is 1. The zero-order valence-corrected chi connectivity index (χ0v) is 12.8. The lowest BCUT2D eigenvalue weighted by Gasteiger charge is -2.18. The van der Waals surface area contributed by atoms with Crippen molar-refractivity contribution in [3.63, 3.8) is 0 Å². The molecule has 1 heterocycles. The van der Waals surface area contributed by atoms with Crippen molar-refractivity contribution in [1.29, 1.82) is 0 Å². The average molecular weight is 299 g/mol. The molecule has 7 nitrogen and oxygen atoms in total. The van der Waals surface area contributed by atoms with Crippen molar-refractivity contribution < 1.29 is 19.5 Å². The largest absolute Gasteiger partial charge is 0.481 e. The topological polar surface area (TPSA) is 98.7 Å². The zero-order valence-electron chi connectivity index (χ0n) is 12.8. The maximum Gasteiger partial charge on any atom is 0.321 e. The average Bonchev–Trinajstić information content (AvgIpc) is 2.86. The number of nitrogens with one attached hydrogen (secondary N) is 2. The minimum atomic E-state index is -1.18. The number of aliphatic carboxylic acids is 1. The molecule has 0 radical (unpaired) electrons. The number of hydrogen-bond acceptors (Lipinski definition) is 4. The van der Waals surface area contributed by atoms with Crippen LogP contribution in [0.25, 0.3) is 0 Å². The first-order valence-electron chi connectivity index (χ1n) is 7.35. The Hall–Kier alpha value is -1.63. The van der Waals surface area contributed by atoms with Crippen LogP contribution in [-0.2, 0) is 9.59 Å². The minimum absolute atomic E-state index is 0.233. The van der Waals surface area contributed by atoms with E-state index in [0.29, 0.717) is 6.54 Å². The Kier molecular flexibility index (Phi) is 6.61. The standard InChI is InChI=1S/C14H25N3O4/c1-14(2,12(19)20)10-11(18)16-13(21)15-6-5-9-17-7-3-4-8-17/h3-10H2,1-2H3,(H,19,20)(H2,15,16,18,21). The van der Waals surface area contributed by atoms with E-state index in [1.165, 1.54) is 26.7 Å². The Labute approximate surface area is 125 Å². The Morgan fingerprint density at radius 1 is 1.19 bits per heavy atom. The molecular weight excluding hydrogens is 274 g/mol. The van der Waals surface area contributed by atoms with E-state index < -0.39 is 23.3 Å². The van der Waals surface area contributed by atoms with Crippen LogP contribution in [0.15, 0.2) is 0 Å². The van der Waals surface area contributed by atoms with Crippen molar-refractivity contribution in [2.75, 3.05) is 26.2 Å². The summed E-state index contributed by atoms with van der Waals surface area (Å²) in [6.07, 6.45) is 3.08. The summed E-state index contributed by atoms with van der Waals surface area (Å²) in [5.41, 5.74) is -1.18. The summed E-state index contributed by atoms with van der Waals surface area (Å²) in [5, 5.41) is 13.7. The lowest BCUT2D eigenvalue weighted by molar-refractivity contribution is -0.149. The van der Waals surface area contributed by atoms with Crippen LogP contribution in [0, 0.1) is 5.41 Å². The van der Waals surface area contributed by atoms with Gasteiger partial charge in [0.25, 0.3) is 0 Å². The van der Waals surface area contributed by atoms with Gasteiger partial charge in [-0.3, -0.25) is 14.9 Å². The van der Waals surface area contributed by atoms with Crippen LogP contribution in [0.2, 0.25) is 0 Å². The normalized spacial score (nSPS) is 15.7. The molecule has 0 saturated carbocycles. The predicted octanol–water partition coefficient (Wildman–Crippen LogP) is 0.799. The van der Waals surface area contributed by atoms with Crippen LogP contribution in [0.1, 0.15) is 39.5 Å². The molecule has 0 aromatic carbocycles. The molecule has 120 valence electrons. The predicted molar refractivity (Wildman–Crippen MR) is 77.9 cm³/mol. The zero-order chi connectivity index (χ0) is 15.9. The second-order valence-electron chi connectivity index (χ2n) is 6.07. The number of carboxylic acid groups (broad SMARTS) is 1. The molecule has 3 N–H and O–H groups in total. The number of carboxylic acids is 1. The van der Waals surface area contributed by atoms with Gasteiger partial charge in [-0.25, -0.2) is 4.79 Å². The number of hydrogen-bond donors (Lipinski definition) is 3. The van der Waals surface area contributed by atoms with Crippen molar-refractivity contribution >= 4 is 17.9 Å². The van der Waals surface area contributed by atoms with E-state index in [1.807, 2.05) is 0 Å². The number of amides is 3. The fourth-order valence-corrected chi connectivity index (χ4v) is 2.20. The molecule has 0 unspecified atom stereocenters. The first kappa shape index (κ1) is 17.4. The summed E-state index contributed by atoms with van der Waals surface area (Å²) < 4.78 is 0. The first-order valence-corrected chi connectivity index (χ1v) is 7.35. The van der Waals surface area contributed by atoms with Crippen molar-refractivity contribution in [3.8, 4) is 0 Å². The van der Waals surface area contributed by atoms with Crippen molar-refractivity contribution in [2.45, 2.75) is 39.5 Å². The van der Waals surface area contributed by atoms with Crippen LogP contribution in [0.5, 0.6) is 0 Å². The number of urea groups is 1. The van der Waals surface area contributed by atoms with Gasteiger partial charge in [0, 0.05) is 13.0 Å². The molecule has 1 aliphatic rings. The highest BCUT2D eigenvalue weighted by Gasteiger charge is 2.30. The van der Waals surface area contributed by atoms with Gasteiger partial charge in [0.2, 0.25) is 5.91 Å². The Morgan fingerprint density at radius 3 is 2.38 bits per heavy atom. The quantitative estimate of drug-likeness (QED) is 0.604. The molecule has 0 atom stereocenters. The molecule has 0 aliphatic carbocycles. The number of rotatable bonds is 7. The van der Waals surface area contributed by atoms with E-state index in [1.54, 1.807) is 0 Å². The minimum Gasteiger partial charge on any atom is -0.481 e. The fourth-order valence-electron chi connectivity index (χ4n) is 2.20. The third-order valence-corrected chi connectivity index (χ3v) is 3.57. The van der Waals surface area contributed by atoms with Crippen LogP contribution >= 0.6 is 0 Å². The lowest BCUT2D eigenvalue weighted by atomic mass is 9.89. The maximum absolute atomic E-state index is 11.6. The first-order chi connectivity index (χ1) is 9.81. The monoisotopic (exact) mass is 299 g/mol. The number of carbonyl (C=O) groups excluding carboxylic acids is 2. The molecular formula is C14H25N3O4. The van der Waals surface area contributed by atoms with Crippen LogP contribution in [0.4, 0.5) is 4.79 Å². The van der Waals surface area contributed by atoms with Gasteiger partial charge in [0.1, 0.15) is 0 Å².